The highest BCUT2D eigenvalue weighted by atomic mass is 32.1. The summed E-state index contributed by atoms with van der Waals surface area (Å²) in [5, 5.41) is 13.9. The van der Waals surface area contributed by atoms with Crippen LogP contribution in [0.1, 0.15) is 47.3 Å². The van der Waals surface area contributed by atoms with Crippen LogP contribution in [0.4, 0.5) is 0 Å². The summed E-state index contributed by atoms with van der Waals surface area (Å²) in [4.78, 5) is 16.1. The Morgan fingerprint density at radius 1 is 1.31 bits per heavy atom. The molecule has 1 fully saturated rings. The van der Waals surface area contributed by atoms with Crippen molar-refractivity contribution in [2.24, 2.45) is 0 Å². The summed E-state index contributed by atoms with van der Waals surface area (Å²) in [6.07, 6.45) is 2.11. The number of ether oxygens (including phenoxy) is 1. The lowest BCUT2D eigenvalue weighted by Crippen LogP contribution is -2.30. The van der Waals surface area contributed by atoms with Gasteiger partial charge < -0.3 is 20.1 Å². The average molecular weight is 413 g/mol. The van der Waals surface area contributed by atoms with Gasteiger partial charge in [-0.3, -0.25) is 4.79 Å². The Morgan fingerprint density at radius 2 is 2.10 bits per heavy atom. The van der Waals surface area contributed by atoms with Crippen LogP contribution in [0.15, 0.2) is 35.2 Å². The lowest BCUT2D eigenvalue weighted by atomic mass is 9.88. The predicted molar refractivity (Wildman–Crippen MR) is 116 cm³/mol. The molecule has 1 amide bonds. The molecule has 1 aromatic heterocycles. The molecule has 0 radical (unpaired) electrons. The fourth-order valence-electron chi connectivity index (χ4n) is 4.06. The highest BCUT2D eigenvalue weighted by molar-refractivity contribution is 7.11. The molecule has 2 aromatic rings. The standard InChI is InChI=1S/C23H28N2O3S/c1-15(23(27)24-8-11-26)17-3-4-20-19(13-17)21(16-5-9-25(2)10-6-16)22-18(14-28-20)7-12-29-22/h3-4,7,12-13,15,26H,5-6,8-11,14H2,1-2H3,(H,24,27). The zero-order valence-corrected chi connectivity index (χ0v) is 17.8. The van der Waals surface area contributed by atoms with E-state index in [2.05, 4.69) is 34.8 Å². The third-order valence-corrected chi connectivity index (χ3v) is 6.85. The number of rotatable bonds is 4. The first-order chi connectivity index (χ1) is 14.1. The van der Waals surface area contributed by atoms with Gasteiger partial charge in [0.05, 0.1) is 12.5 Å². The molecule has 2 aliphatic heterocycles. The van der Waals surface area contributed by atoms with E-state index < -0.39 is 0 Å². The van der Waals surface area contributed by atoms with E-state index in [-0.39, 0.29) is 25.0 Å². The molecule has 2 N–H and O–H groups in total. The molecule has 5 nitrogen and oxygen atoms in total. The van der Waals surface area contributed by atoms with E-state index in [4.69, 9.17) is 9.84 Å². The number of carbonyl (C=O) groups excluding carboxylic acids is 1. The first-order valence-corrected chi connectivity index (χ1v) is 11.1. The SMILES string of the molecule is CC(C(=O)NCCO)c1ccc2c(c1)C(=C1CCN(C)CC1)c1sccc1CO2. The highest BCUT2D eigenvalue weighted by Crippen LogP contribution is 2.44. The van der Waals surface area contributed by atoms with E-state index in [1.807, 2.05) is 19.1 Å². The fraction of sp³-hybridized carbons (Fsp3) is 0.435. The summed E-state index contributed by atoms with van der Waals surface area (Å²) in [6, 6.07) is 8.28. The van der Waals surface area contributed by atoms with Crippen molar-refractivity contribution in [1.29, 1.82) is 0 Å². The number of likely N-dealkylation sites (tertiary alicyclic amines) is 1. The van der Waals surface area contributed by atoms with Crippen molar-refractivity contribution < 1.29 is 14.6 Å². The number of piperidine rings is 1. The van der Waals surface area contributed by atoms with Crippen LogP contribution in [-0.2, 0) is 11.4 Å². The predicted octanol–water partition coefficient (Wildman–Crippen LogP) is 3.38. The number of amides is 1. The quantitative estimate of drug-likeness (QED) is 0.808. The molecule has 0 bridgehead atoms. The third-order valence-electron chi connectivity index (χ3n) is 5.88. The summed E-state index contributed by atoms with van der Waals surface area (Å²) in [7, 11) is 2.17. The van der Waals surface area contributed by atoms with Crippen LogP contribution < -0.4 is 10.1 Å². The number of benzene rings is 1. The zero-order valence-electron chi connectivity index (χ0n) is 17.0. The molecule has 1 aromatic carbocycles. The Hall–Kier alpha value is -2.15. The minimum absolute atomic E-state index is 0.0532. The van der Waals surface area contributed by atoms with Crippen LogP contribution in [-0.4, -0.2) is 49.2 Å². The summed E-state index contributed by atoms with van der Waals surface area (Å²) in [5.74, 6) is 0.530. The number of aliphatic hydroxyl groups excluding tert-OH is 1. The minimum Gasteiger partial charge on any atom is -0.488 e. The van der Waals surface area contributed by atoms with E-state index in [9.17, 15) is 4.79 Å². The van der Waals surface area contributed by atoms with Crippen molar-refractivity contribution in [2.45, 2.75) is 32.3 Å². The summed E-state index contributed by atoms with van der Waals surface area (Å²) in [5.41, 5.74) is 6.09. The van der Waals surface area contributed by atoms with Gasteiger partial charge in [-0.05, 0) is 56.0 Å². The van der Waals surface area contributed by atoms with Crippen LogP contribution in [0.2, 0.25) is 0 Å². The molecule has 1 atom stereocenters. The van der Waals surface area contributed by atoms with Crippen molar-refractivity contribution in [3.05, 3.63) is 56.8 Å². The Kier molecular flexibility index (Phi) is 6.04. The molecule has 29 heavy (non-hydrogen) atoms. The largest absolute Gasteiger partial charge is 0.488 e. The Morgan fingerprint density at radius 3 is 2.86 bits per heavy atom. The Balaban J connectivity index is 1.78. The van der Waals surface area contributed by atoms with E-state index in [0.29, 0.717) is 6.61 Å². The fourth-order valence-corrected chi connectivity index (χ4v) is 5.08. The zero-order chi connectivity index (χ0) is 20.4. The van der Waals surface area contributed by atoms with Crippen LogP contribution in [0, 0.1) is 0 Å². The second-order valence-corrected chi connectivity index (χ2v) is 8.75. The normalized spacial score (nSPS) is 17.8. The highest BCUT2D eigenvalue weighted by Gasteiger charge is 2.26. The number of aliphatic hydroxyl groups is 1. The number of fused-ring (bicyclic) bond motifs is 2. The van der Waals surface area contributed by atoms with Crippen molar-refractivity contribution in [3.8, 4) is 5.75 Å². The maximum absolute atomic E-state index is 12.4. The number of nitrogens with one attached hydrogen (secondary N) is 1. The van der Waals surface area contributed by atoms with Gasteiger partial charge in [0.2, 0.25) is 5.91 Å². The minimum atomic E-state index is -0.290. The van der Waals surface area contributed by atoms with Gasteiger partial charge in [0.15, 0.2) is 0 Å². The van der Waals surface area contributed by atoms with Gasteiger partial charge in [-0.2, -0.15) is 0 Å². The van der Waals surface area contributed by atoms with Gasteiger partial charge in [-0.25, -0.2) is 0 Å². The third kappa shape index (κ3) is 4.10. The molecule has 154 valence electrons. The van der Waals surface area contributed by atoms with E-state index >= 15 is 0 Å². The molecular weight excluding hydrogens is 384 g/mol. The number of hydrogen-bond donors (Lipinski definition) is 2. The molecule has 0 aliphatic carbocycles. The summed E-state index contributed by atoms with van der Waals surface area (Å²) < 4.78 is 6.16. The van der Waals surface area contributed by atoms with E-state index in [0.717, 1.165) is 42.8 Å². The Labute approximate surface area is 176 Å². The van der Waals surface area contributed by atoms with Crippen LogP contribution >= 0.6 is 11.3 Å². The molecule has 1 saturated heterocycles. The van der Waals surface area contributed by atoms with Crippen molar-refractivity contribution in [3.63, 3.8) is 0 Å². The maximum Gasteiger partial charge on any atom is 0.227 e. The number of thiophene rings is 1. The van der Waals surface area contributed by atoms with E-state index in [1.54, 1.807) is 11.3 Å². The average Bonchev–Trinajstić information content (AvgIpc) is 3.14. The van der Waals surface area contributed by atoms with Crippen molar-refractivity contribution in [2.75, 3.05) is 33.3 Å². The number of carbonyl (C=O) groups is 1. The monoisotopic (exact) mass is 412 g/mol. The number of hydrogen-bond acceptors (Lipinski definition) is 5. The molecular formula is C23H28N2O3S. The lowest BCUT2D eigenvalue weighted by Gasteiger charge is -2.27. The van der Waals surface area contributed by atoms with Crippen LogP contribution in [0.25, 0.3) is 5.57 Å². The molecule has 0 spiro atoms. The van der Waals surface area contributed by atoms with Crippen LogP contribution in [0.3, 0.4) is 0 Å². The summed E-state index contributed by atoms with van der Waals surface area (Å²) in [6.45, 7) is 4.84. The van der Waals surface area contributed by atoms with Gasteiger partial charge >= 0.3 is 0 Å². The topological polar surface area (TPSA) is 61.8 Å². The molecule has 2 aliphatic rings. The van der Waals surface area contributed by atoms with Gasteiger partial charge in [0.1, 0.15) is 12.4 Å². The van der Waals surface area contributed by atoms with E-state index in [1.165, 1.54) is 21.6 Å². The van der Waals surface area contributed by atoms with Crippen molar-refractivity contribution >= 4 is 22.8 Å². The molecule has 4 rings (SSSR count). The molecule has 3 heterocycles. The first-order valence-electron chi connectivity index (χ1n) is 10.2. The van der Waals surface area contributed by atoms with Gasteiger partial charge in [0.25, 0.3) is 0 Å². The Bertz CT molecular complexity index is 924. The summed E-state index contributed by atoms with van der Waals surface area (Å²) >= 11 is 1.78. The van der Waals surface area contributed by atoms with Crippen molar-refractivity contribution in [1.82, 2.24) is 10.2 Å². The molecule has 6 heteroatoms. The molecule has 1 unspecified atom stereocenters. The second kappa shape index (κ2) is 8.69. The second-order valence-electron chi connectivity index (χ2n) is 7.84. The van der Waals surface area contributed by atoms with Gasteiger partial charge in [-0.1, -0.05) is 11.6 Å². The number of nitrogens with zero attached hydrogens (tertiary/aromatic N) is 1. The molecule has 0 saturated carbocycles. The lowest BCUT2D eigenvalue weighted by molar-refractivity contribution is -0.122. The smallest absolute Gasteiger partial charge is 0.227 e. The first kappa shape index (κ1) is 20.1. The van der Waals surface area contributed by atoms with Gasteiger partial charge in [-0.15, -0.1) is 11.3 Å². The van der Waals surface area contributed by atoms with Gasteiger partial charge in [0, 0.05) is 41.2 Å². The maximum atomic E-state index is 12.4. The van der Waals surface area contributed by atoms with Crippen LogP contribution in [0.5, 0.6) is 5.75 Å².